The molecule has 0 saturated carbocycles. The zero-order valence-corrected chi connectivity index (χ0v) is 24.7. The predicted molar refractivity (Wildman–Crippen MR) is 147 cm³/mol. The van der Waals surface area contributed by atoms with E-state index in [9.17, 15) is 14.4 Å². The van der Waals surface area contributed by atoms with Crippen molar-refractivity contribution in [1.29, 1.82) is 0 Å². The molecule has 0 spiro atoms. The van der Waals surface area contributed by atoms with E-state index in [0.29, 0.717) is 21.1 Å². The van der Waals surface area contributed by atoms with Crippen molar-refractivity contribution < 1.29 is 28.6 Å². The molecule has 0 atom stereocenters. The summed E-state index contributed by atoms with van der Waals surface area (Å²) < 4.78 is 18.3. The van der Waals surface area contributed by atoms with Crippen LogP contribution in [-0.2, 0) is 14.2 Å². The number of rotatable bonds is 2. The van der Waals surface area contributed by atoms with Crippen LogP contribution in [0.25, 0.3) is 22.2 Å². The number of hydrogen-bond acceptors (Lipinski definition) is 8. The molecule has 0 bridgehead atoms. The van der Waals surface area contributed by atoms with E-state index < -0.39 is 35.1 Å². The fourth-order valence-corrected chi connectivity index (χ4v) is 3.69. The van der Waals surface area contributed by atoms with Crippen molar-refractivity contribution in [2.75, 3.05) is 4.90 Å². The van der Waals surface area contributed by atoms with Crippen LogP contribution in [-0.4, -0.2) is 49.6 Å². The fraction of sp³-hybridized carbons (Fsp3) is 0.444. The molecule has 2 amide bonds. The van der Waals surface area contributed by atoms with Crippen LogP contribution in [0.4, 0.5) is 20.2 Å². The Hall–Kier alpha value is -3.47. The topological polar surface area (TPSA) is 113 Å². The molecule has 0 N–H and O–H groups in total. The normalized spacial score (nSPS) is 12.3. The Balaban J connectivity index is 2.22. The number of nitrogens with zero attached hydrogens (tertiary/aromatic N) is 4. The number of imide groups is 1. The van der Waals surface area contributed by atoms with E-state index in [4.69, 9.17) is 14.2 Å². The lowest BCUT2D eigenvalue weighted by Gasteiger charge is -2.28. The van der Waals surface area contributed by atoms with Gasteiger partial charge in [0.2, 0.25) is 0 Å². The summed E-state index contributed by atoms with van der Waals surface area (Å²) in [5.74, 6) is -0.0887. The molecule has 3 aromatic rings. The zero-order valence-electron chi connectivity index (χ0n) is 23.1. The molecule has 2 aromatic heterocycles. The molecule has 0 unspecified atom stereocenters. The summed E-state index contributed by atoms with van der Waals surface area (Å²) >= 11 is 3.34. The van der Waals surface area contributed by atoms with Gasteiger partial charge in [-0.05, 0) is 90.4 Å². The van der Waals surface area contributed by atoms with Crippen molar-refractivity contribution in [2.24, 2.45) is 0 Å². The lowest BCUT2D eigenvalue weighted by molar-refractivity contribution is 0.0427. The number of hydrogen-bond donors (Lipinski definition) is 0. The molecule has 0 aliphatic rings. The lowest BCUT2D eigenvalue weighted by Crippen LogP contribution is -2.44. The van der Waals surface area contributed by atoms with E-state index in [-0.39, 0.29) is 11.5 Å². The van der Waals surface area contributed by atoms with Crippen LogP contribution in [0.1, 0.15) is 62.3 Å². The molecule has 38 heavy (non-hydrogen) atoms. The first-order valence-electron chi connectivity index (χ1n) is 12.0. The van der Waals surface area contributed by atoms with Gasteiger partial charge in [0, 0.05) is 17.1 Å². The Morgan fingerprint density at radius 1 is 0.842 bits per heavy atom. The second kappa shape index (κ2) is 10.4. The summed E-state index contributed by atoms with van der Waals surface area (Å²) in [7, 11) is 0. The van der Waals surface area contributed by atoms with Gasteiger partial charge in [0.15, 0.2) is 5.82 Å². The highest BCUT2D eigenvalue weighted by Crippen LogP contribution is 2.36. The average Bonchev–Trinajstić information content (AvgIpc) is 3.15. The van der Waals surface area contributed by atoms with Gasteiger partial charge in [0.25, 0.3) is 0 Å². The highest BCUT2D eigenvalue weighted by Gasteiger charge is 2.36. The molecule has 0 fully saturated rings. The van der Waals surface area contributed by atoms with E-state index in [0.717, 1.165) is 4.90 Å². The Kier molecular flexibility index (Phi) is 7.93. The van der Waals surface area contributed by atoms with Crippen LogP contribution in [0.5, 0.6) is 0 Å². The van der Waals surface area contributed by atoms with E-state index >= 15 is 0 Å². The molecule has 0 saturated heterocycles. The van der Waals surface area contributed by atoms with Crippen molar-refractivity contribution in [1.82, 2.24) is 14.5 Å². The molecule has 2 heterocycles. The summed E-state index contributed by atoms with van der Waals surface area (Å²) in [4.78, 5) is 49.1. The Morgan fingerprint density at radius 3 is 1.92 bits per heavy atom. The standard InChI is InChI=1S/C27H33BrN4O6/c1-25(2,3)36-22(33)31-14-13-16-17(11-10-12-18(16)31)20-21(29-15-19(28)30-20)32(23(34)37-26(4,5)6)24(35)38-27(7,8)9/h10-15H,1-9H3. The third kappa shape index (κ3) is 7.09. The van der Waals surface area contributed by atoms with Crippen LogP contribution in [0.3, 0.4) is 0 Å². The van der Waals surface area contributed by atoms with E-state index in [2.05, 4.69) is 25.9 Å². The monoisotopic (exact) mass is 588 g/mol. The number of ether oxygens (including phenoxy) is 3. The minimum absolute atomic E-state index is 0.0887. The number of carbonyl (C=O) groups excluding carboxylic acids is 3. The Morgan fingerprint density at radius 2 is 1.39 bits per heavy atom. The number of fused-ring (bicyclic) bond motifs is 1. The van der Waals surface area contributed by atoms with Gasteiger partial charge in [-0.1, -0.05) is 12.1 Å². The number of amides is 2. The molecule has 3 rings (SSSR count). The minimum atomic E-state index is -0.969. The average molecular weight is 589 g/mol. The third-order valence-corrected chi connectivity index (χ3v) is 5.05. The molecule has 11 heteroatoms. The van der Waals surface area contributed by atoms with Crippen LogP contribution < -0.4 is 4.90 Å². The van der Waals surface area contributed by atoms with Crippen molar-refractivity contribution in [3.05, 3.63) is 41.3 Å². The number of benzene rings is 1. The second-order valence-corrected chi connectivity index (χ2v) is 12.4. The van der Waals surface area contributed by atoms with Crippen molar-refractivity contribution >= 4 is 50.9 Å². The lowest BCUT2D eigenvalue weighted by atomic mass is 10.1. The molecule has 0 aliphatic heterocycles. The summed E-state index contributed by atoms with van der Waals surface area (Å²) in [6, 6.07) is 6.97. The molecule has 1 aromatic carbocycles. The van der Waals surface area contributed by atoms with Gasteiger partial charge in [-0.2, -0.15) is 4.90 Å². The van der Waals surface area contributed by atoms with E-state index in [1.54, 1.807) is 92.8 Å². The minimum Gasteiger partial charge on any atom is -0.443 e. The fourth-order valence-electron chi connectivity index (χ4n) is 3.41. The molecular weight excluding hydrogens is 556 g/mol. The predicted octanol–water partition coefficient (Wildman–Crippen LogP) is 7.32. The number of aromatic nitrogens is 3. The van der Waals surface area contributed by atoms with Gasteiger partial charge in [-0.25, -0.2) is 24.4 Å². The van der Waals surface area contributed by atoms with E-state index in [1.165, 1.54) is 10.8 Å². The van der Waals surface area contributed by atoms with Crippen molar-refractivity contribution in [2.45, 2.75) is 79.1 Å². The van der Waals surface area contributed by atoms with Gasteiger partial charge < -0.3 is 14.2 Å². The highest BCUT2D eigenvalue weighted by molar-refractivity contribution is 9.10. The number of anilines is 1. The first kappa shape index (κ1) is 29.1. The van der Waals surface area contributed by atoms with Gasteiger partial charge in [0.1, 0.15) is 27.1 Å². The quantitative estimate of drug-likeness (QED) is 0.286. The SMILES string of the molecule is CC(C)(C)OC(=O)N(C(=O)OC(C)(C)C)c1ncc(Br)nc1-c1cccc2c1ccn2C(=O)OC(C)(C)C. The molecule has 0 radical (unpaired) electrons. The zero-order chi connectivity index (χ0) is 28.6. The summed E-state index contributed by atoms with van der Waals surface area (Å²) in [6.07, 6.45) is 0.472. The summed E-state index contributed by atoms with van der Waals surface area (Å²) in [6.45, 7) is 15.5. The smallest absolute Gasteiger partial charge is 0.425 e. The molecular formula is C27H33BrN4O6. The molecule has 0 aliphatic carbocycles. The maximum atomic E-state index is 13.3. The summed E-state index contributed by atoms with van der Waals surface area (Å²) in [5, 5.41) is 0.625. The number of carbonyl (C=O) groups is 3. The van der Waals surface area contributed by atoms with Crippen LogP contribution >= 0.6 is 15.9 Å². The van der Waals surface area contributed by atoms with Crippen molar-refractivity contribution in [3.8, 4) is 11.3 Å². The Labute approximate surface area is 230 Å². The first-order valence-corrected chi connectivity index (χ1v) is 12.8. The van der Waals surface area contributed by atoms with E-state index in [1.807, 2.05) is 0 Å². The molecule has 10 nitrogen and oxygen atoms in total. The number of halogens is 1. The van der Waals surface area contributed by atoms with Gasteiger partial charge in [0.05, 0.1) is 11.7 Å². The Bertz CT molecular complexity index is 1350. The third-order valence-electron chi connectivity index (χ3n) is 4.67. The van der Waals surface area contributed by atoms with Gasteiger partial charge >= 0.3 is 18.3 Å². The molecule has 204 valence electrons. The maximum Gasteiger partial charge on any atom is 0.425 e. The maximum absolute atomic E-state index is 13.3. The first-order chi connectivity index (χ1) is 17.4. The largest absolute Gasteiger partial charge is 0.443 e. The summed E-state index contributed by atoms with van der Waals surface area (Å²) in [5.41, 5.74) is -1.22. The van der Waals surface area contributed by atoms with Crippen LogP contribution in [0, 0.1) is 0 Å². The highest BCUT2D eigenvalue weighted by atomic mass is 79.9. The van der Waals surface area contributed by atoms with Gasteiger partial charge in [-0.15, -0.1) is 0 Å². The second-order valence-electron chi connectivity index (χ2n) is 11.6. The van der Waals surface area contributed by atoms with Crippen LogP contribution in [0.2, 0.25) is 0 Å². The van der Waals surface area contributed by atoms with Crippen molar-refractivity contribution in [3.63, 3.8) is 0 Å². The van der Waals surface area contributed by atoms with Crippen LogP contribution in [0.15, 0.2) is 41.3 Å². The van der Waals surface area contributed by atoms with Gasteiger partial charge in [-0.3, -0.25) is 4.57 Å².